The summed E-state index contributed by atoms with van der Waals surface area (Å²) in [5.74, 6) is 0.842. The second-order valence-electron chi connectivity index (χ2n) is 4.89. The van der Waals surface area contributed by atoms with Gasteiger partial charge in [-0.15, -0.1) is 0 Å². The first kappa shape index (κ1) is 14.3. The third kappa shape index (κ3) is 2.74. The Morgan fingerprint density at radius 1 is 1.42 bits per heavy atom. The van der Waals surface area contributed by atoms with Crippen LogP contribution in [0.1, 0.15) is 27.2 Å². The topological polar surface area (TPSA) is 59.5 Å². The normalized spacial score (nSPS) is 24.6. The van der Waals surface area contributed by atoms with Gasteiger partial charge in [-0.25, -0.2) is 13.4 Å². The Bertz CT molecular complexity index is 527. The van der Waals surface area contributed by atoms with Gasteiger partial charge in [0, 0.05) is 18.7 Å². The van der Waals surface area contributed by atoms with Crippen LogP contribution in [-0.4, -0.2) is 36.9 Å². The fraction of sp³-hybridized carbons (Fsp3) is 0.615. The summed E-state index contributed by atoms with van der Waals surface area (Å²) in [5.41, 5.74) is 0. The van der Waals surface area contributed by atoms with Crippen molar-refractivity contribution in [1.82, 2.24) is 9.29 Å². The molecule has 0 aliphatic carbocycles. The second-order valence-corrected chi connectivity index (χ2v) is 6.78. The summed E-state index contributed by atoms with van der Waals surface area (Å²) in [6.45, 7) is 6.99. The van der Waals surface area contributed by atoms with Crippen molar-refractivity contribution in [1.29, 1.82) is 0 Å². The lowest BCUT2D eigenvalue weighted by molar-refractivity contribution is 0.326. The Hall–Kier alpha value is -1.14. The number of pyridine rings is 1. The molecule has 6 heteroatoms. The molecule has 0 radical (unpaired) electrons. The predicted molar refractivity (Wildman–Crippen MR) is 72.5 cm³/mol. The highest BCUT2D eigenvalue weighted by Crippen LogP contribution is 2.29. The van der Waals surface area contributed by atoms with Gasteiger partial charge in [-0.2, -0.15) is 4.31 Å². The largest absolute Gasteiger partial charge is 0.478 e. The first-order valence-electron chi connectivity index (χ1n) is 6.57. The first-order chi connectivity index (χ1) is 8.96. The number of hydrogen-bond donors (Lipinski definition) is 0. The molecule has 0 bridgehead atoms. The van der Waals surface area contributed by atoms with E-state index in [1.165, 1.54) is 6.20 Å². The van der Waals surface area contributed by atoms with Gasteiger partial charge in [-0.05, 0) is 32.3 Å². The van der Waals surface area contributed by atoms with Gasteiger partial charge in [0.15, 0.2) is 0 Å². The summed E-state index contributed by atoms with van der Waals surface area (Å²) >= 11 is 0. The van der Waals surface area contributed by atoms with Crippen molar-refractivity contribution in [2.75, 3.05) is 13.2 Å². The summed E-state index contributed by atoms with van der Waals surface area (Å²) in [7, 11) is -3.44. The third-order valence-electron chi connectivity index (χ3n) is 3.69. The second kappa shape index (κ2) is 5.46. The van der Waals surface area contributed by atoms with Crippen LogP contribution in [0.3, 0.4) is 0 Å². The highest BCUT2D eigenvalue weighted by atomic mass is 32.2. The van der Waals surface area contributed by atoms with Gasteiger partial charge in [0.2, 0.25) is 15.9 Å². The molecule has 5 nitrogen and oxygen atoms in total. The number of sulfonamides is 1. The van der Waals surface area contributed by atoms with Gasteiger partial charge >= 0.3 is 0 Å². The maximum absolute atomic E-state index is 12.5. The van der Waals surface area contributed by atoms with Crippen molar-refractivity contribution in [3.05, 3.63) is 18.3 Å². The van der Waals surface area contributed by atoms with Gasteiger partial charge in [0.05, 0.1) is 12.8 Å². The molecule has 0 aromatic carbocycles. The molecule has 1 aromatic heterocycles. The minimum absolute atomic E-state index is 0.0385. The molecule has 19 heavy (non-hydrogen) atoms. The predicted octanol–water partition coefficient (Wildman–Crippen LogP) is 1.90. The molecule has 2 atom stereocenters. The first-order valence-corrected chi connectivity index (χ1v) is 8.01. The molecule has 0 N–H and O–H groups in total. The Labute approximate surface area is 114 Å². The zero-order chi connectivity index (χ0) is 14.0. The number of nitrogens with zero attached hydrogens (tertiary/aromatic N) is 2. The van der Waals surface area contributed by atoms with Crippen LogP contribution in [0.5, 0.6) is 5.88 Å². The van der Waals surface area contributed by atoms with Crippen LogP contribution in [0.15, 0.2) is 23.2 Å². The summed E-state index contributed by atoms with van der Waals surface area (Å²) < 4.78 is 31.8. The fourth-order valence-electron chi connectivity index (χ4n) is 2.29. The standard InChI is InChI=1S/C13H20N2O3S/c1-4-18-13-6-5-12(9-14-13)19(16,17)15-8-7-10(2)11(15)3/h5-6,9-11H,4,7-8H2,1-3H3. The summed E-state index contributed by atoms with van der Waals surface area (Å²) in [5, 5.41) is 0. The van der Waals surface area contributed by atoms with Crippen LogP contribution in [0.2, 0.25) is 0 Å². The van der Waals surface area contributed by atoms with Crippen LogP contribution in [0, 0.1) is 5.92 Å². The lowest BCUT2D eigenvalue weighted by atomic mass is 10.1. The molecule has 0 amide bonds. The highest BCUT2D eigenvalue weighted by Gasteiger charge is 2.36. The minimum Gasteiger partial charge on any atom is -0.478 e. The third-order valence-corrected chi connectivity index (χ3v) is 5.66. The maximum atomic E-state index is 12.5. The van der Waals surface area contributed by atoms with E-state index in [1.54, 1.807) is 16.4 Å². The summed E-state index contributed by atoms with van der Waals surface area (Å²) in [6.07, 6.45) is 2.28. The Morgan fingerprint density at radius 3 is 2.63 bits per heavy atom. The number of hydrogen-bond acceptors (Lipinski definition) is 4. The van der Waals surface area contributed by atoms with Gasteiger partial charge in [-0.3, -0.25) is 0 Å². The average molecular weight is 284 g/mol. The summed E-state index contributed by atoms with van der Waals surface area (Å²) in [4.78, 5) is 4.26. The maximum Gasteiger partial charge on any atom is 0.244 e. The van der Waals surface area contributed by atoms with Crippen molar-refractivity contribution in [3.63, 3.8) is 0 Å². The molecular weight excluding hydrogens is 264 g/mol. The van der Waals surface area contributed by atoms with Gasteiger partial charge in [0.1, 0.15) is 4.90 Å². The van der Waals surface area contributed by atoms with Crippen LogP contribution in [0.25, 0.3) is 0 Å². The van der Waals surface area contributed by atoms with Crippen LogP contribution >= 0.6 is 0 Å². The van der Waals surface area contributed by atoms with Crippen LogP contribution in [-0.2, 0) is 10.0 Å². The molecule has 2 rings (SSSR count). The van der Waals surface area contributed by atoms with E-state index in [9.17, 15) is 8.42 Å². The molecular formula is C13H20N2O3S. The Kier molecular flexibility index (Phi) is 4.10. The average Bonchev–Trinajstić information content (AvgIpc) is 2.72. The molecule has 106 valence electrons. The summed E-state index contributed by atoms with van der Waals surface area (Å²) in [6, 6.07) is 3.19. The molecule has 1 aliphatic rings. The lowest BCUT2D eigenvalue weighted by Gasteiger charge is -2.22. The van der Waals surface area contributed by atoms with E-state index >= 15 is 0 Å². The quantitative estimate of drug-likeness (QED) is 0.847. The van der Waals surface area contributed by atoms with Crippen molar-refractivity contribution >= 4 is 10.0 Å². The molecule has 0 spiro atoms. The van der Waals surface area contributed by atoms with Crippen LogP contribution < -0.4 is 4.74 Å². The SMILES string of the molecule is CCOc1ccc(S(=O)(=O)N2CCC(C)C2C)cn1. The van der Waals surface area contributed by atoms with Gasteiger partial charge < -0.3 is 4.74 Å². The van der Waals surface area contributed by atoms with E-state index in [0.29, 0.717) is 24.9 Å². The lowest BCUT2D eigenvalue weighted by Crippen LogP contribution is -2.35. The Balaban J connectivity index is 2.24. The monoisotopic (exact) mass is 284 g/mol. The minimum atomic E-state index is -3.44. The molecule has 1 saturated heterocycles. The molecule has 2 unspecified atom stereocenters. The van der Waals surface area contributed by atoms with Crippen molar-refractivity contribution in [2.45, 2.75) is 38.1 Å². The molecule has 1 fully saturated rings. The van der Waals surface area contributed by atoms with E-state index in [2.05, 4.69) is 11.9 Å². The van der Waals surface area contributed by atoms with Crippen LogP contribution in [0.4, 0.5) is 0 Å². The smallest absolute Gasteiger partial charge is 0.244 e. The Morgan fingerprint density at radius 2 is 2.16 bits per heavy atom. The van der Waals surface area contributed by atoms with E-state index < -0.39 is 10.0 Å². The number of aromatic nitrogens is 1. The van der Waals surface area contributed by atoms with Gasteiger partial charge in [-0.1, -0.05) is 6.92 Å². The zero-order valence-corrected chi connectivity index (χ0v) is 12.4. The van der Waals surface area contributed by atoms with Crippen molar-refractivity contribution in [3.8, 4) is 5.88 Å². The molecule has 1 aromatic rings. The zero-order valence-electron chi connectivity index (χ0n) is 11.5. The van der Waals surface area contributed by atoms with E-state index in [-0.39, 0.29) is 10.9 Å². The number of rotatable bonds is 4. The highest BCUT2D eigenvalue weighted by molar-refractivity contribution is 7.89. The molecule has 1 aliphatic heterocycles. The van der Waals surface area contributed by atoms with Crippen molar-refractivity contribution in [2.24, 2.45) is 5.92 Å². The van der Waals surface area contributed by atoms with Crippen molar-refractivity contribution < 1.29 is 13.2 Å². The van der Waals surface area contributed by atoms with Gasteiger partial charge in [0.25, 0.3) is 0 Å². The fourth-order valence-corrected chi connectivity index (χ4v) is 3.97. The number of ether oxygens (including phenoxy) is 1. The molecule has 2 heterocycles. The van der Waals surface area contributed by atoms with E-state index in [1.807, 2.05) is 13.8 Å². The van der Waals surface area contributed by atoms with E-state index in [4.69, 9.17) is 4.74 Å². The van der Waals surface area contributed by atoms with E-state index in [0.717, 1.165) is 6.42 Å². The molecule has 0 saturated carbocycles.